The van der Waals surface area contributed by atoms with E-state index in [1.807, 2.05) is 62.4 Å². The number of carbonyl (C=O) groups is 2. The molecule has 0 radical (unpaired) electrons. The van der Waals surface area contributed by atoms with Crippen molar-refractivity contribution in [2.45, 2.75) is 108 Å². The molecule has 4 N–H and O–H groups in total. The smallest absolute Gasteiger partial charge is 0.177 e. The van der Waals surface area contributed by atoms with Crippen LogP contribution < -0.4 is 10.6 Å². The molecule has 0 atom stereocenters. The molecule has 3 aromatic carbocycles. The van der Waals surface area contributed by atoms with Crippen molar-refractivity contribution in [2.24, 2.45) is 11.8 Å². The third-order valence-corrected chi connectivity index (χ3v) is 12.7. The lowest BCUT2D eigenvalue weighted by atomic mass is 9.98. The number of hydrogen-bond acceptors (Lipinski definition) is 11. The minimum Gasteiger partial charge on any atom is -0.389 e. The van der Waals surface area contributed by atoms with Crippen LogP contribution in [0.25, 0.3) is 33.8 Å². The second-order valence-corrected chi connectivity index (χ2v) is 20.6. The number of nitrogens with one attached hydrogen (secondary N) is 2. The number of nitrogens with zero attached hydrogens (tertiary/aromatic N) is 6. The van der Waals surface area contributed by atoms with Crippen molar-refractivity contribution >= 4 is 57.6 Å². The third kappa shape index (κ3) is 11.5. The summed E-state index contributed by atoms with van der Waals surface area (Å²) in [5.41, 5.74) is 8.26. The maximum absolute atomic E-state index is 14.2. The van der Waals surface area contributed by atoms with E-state index in [-0.39, 0.29) is 17.4 Å². The van der Waals surface area contributed by atoms with Gasteiger partial charge in [-0.25, -0.2) is 23.4 Å². The van der Waals surface area contributed by atoms with Crippen LogP contribution in [-0.2, 0) is 0 Å². The van der Waals surface area contributed by atoms with Crippen LogP contribution in [0.5, 0.6) is 0 Å². The van der Waals surface area contributed by atoms with E-state index in [1.54, 1.807) is 68.2 Å². The van der Waals surface area contributed by atoms with Crippen LogP contribution >= 0.6 is 23.4 Å². The summed E-state index contributed by atoms with van der Waals surface area (Å²) in [7, 11) is 0. The Labute approximate surface area is 393 Å². The summed E-state index contributed by atoms with van der Waals surface area (Å²) in [5, 5.41) is 37.0. The quantitative estimate of drug-likeness (QED) is 0.0683. The number of anilines is 2. The number of aryl methyl sites for hydroxylation is 3. The number of benzene rings is 3. The number of aliphatic hydroxyl groups is 2. The largest absolute Gasteiger partial charge is 0.389 e. The molecule has 2 aliphatic rings. The highest BCUT2D eigenvalue weighted by Crippen LogP contribution is 2.37. The lowest BCUT2D eigenvalue weighted by Gasteiger charge is -2.19. The Morgan fingerprint density at radius 2 is 1.18 bits per heavy atom. The molecule has 66 heavy (non-hydrogen) atoms. The number of imidazole rings is 2. The molecule has 0 saturated heterocycles. The van der Waals surface area contributed by atoms with E-state index in [4.69, 9.17) is 16.7 Å². The normalized spacial score (nSPS) is 14.0. The molecule has 344 valence electrons. The average Bonchev–Trinajstić information content (AvgIpc) is 4.16. The van der Waals surface area contributed by atoms with Crippen LogP contribution in [0.1, 0.15) is 104 Å². The first kappa shape index (κ1) is 46.8. The van der Waals surface area contributed by atoms with Gasteiger partial charge >= 0.3 is 0 Å². The number of rotatable bonds is 16. The van der Waals surface area contributed by atoms with E-state index in [2.05, 4.69) is 25.7 Å². The summed E-state index contributed by atoms with van der Waals surface area (Å²) in [6, 6.07) is 20.4. The van der Waals surface area contributed by atoms with Gasteiger partial charge in [-0.3, -0.25) is 9.59 Å². The summed E-state index contributed by atoms with van der Waals surface area (Å²) in [6.45, 7) is 13.2. The number of hydrogen-bond donors (Lipinski definition) is 4. The molecule has 7 aromatic rings. The van der Waals surface area contributed by atoms with Crippen molar-refractivity contribution < 1.29 is 24.2 Å². The van der Waals surface area contributed by atoms with E-state index in [0.29, 0.717) is 76.2 Å². The summed E-state index contributed by atoms with van der Waals surface area (Å²) in [4.78, 5) is 35.1. The molecule has 2 fully saturated rings. The molecule has 0 bridgehead atoms. The average molecular weight is 932 g/mol. The predicted molar refractivity (Wildman–Crippen MR) is 260 cm³/mol. The van der Waals surface area contributed by atoms with Gasteiger partial charge in [0.05, 0.1) is 46.4 Å². The highest BCUT2D eigenvalue weighted by atomic mass is 35.5. The van der Waals surface area contributed by atoms with Gasteiger partial charge in [-0.1, -0.05) is 53.7 Å². The summed E-state index contributed by atoms with van der Waals surface area (Å²) >= 11 is 7.59. The fourth-order valence-corrected chi connectivity index (χ4v) is 8.65. The number of halogens is 2. The van der Waals surface area contributed by atoms with E-state index >= 15 is 0 Å². The zero-order valence-corrected chi connectivity index (χ0v) is 39.9. The van der Waals surface area contributed by atoms with Gasteiger partial charge < -0.3 is 20.8 Å². The monoisotopic (exact) mass is 930 g/mol. The highest BCUT2D eigenvalue weighted by molar-refractivity contribution is 7.99. The molecule has 0 spiro atoms. The maximum atomic E-state index is 14.2. The molecule has 15 heteroatoms. The zero-order valence-electron chi connectivity index (χ0n) is 38.4. The number of carbonyl (C=O) groups excluding carboxylic acids is 2. The van der Waals surface area contributed by atoms with Crippen molar-refractivity contribution in [3.05, 3.63) is 118 Å². The van der Waals surface area contributed by atoms with Crippen LogP contribution in [0.3, 0.4) is 0 Å². The molecular weight excluding hydrogens is 875 g/mol. The number of fused-ring (bicyclic) bond motifs is 2. The second kappa shape index (κ2) is 18.9. The van der Waals surface area contributed by atoms with E-state index in [9.17, 15) is 24.2 Å². The van der Waals surface area contributed by atoms with E-state index < -0.39 is 11.2 Å². The lowest BCUT2D eigenvalue weighted by Crippen LogP contribution is -2.29. The Morgan fingerprint density at radius 1 is 0.697 bits per heavy atom. The maximum Gasteiger partial charge on any atom is 0.177 e. The van der Waals surface area contributed by atoms with Gasteiger partial charge in [0.2, 0.25) is 0 Å². The summed E-state index contributed by atoms with van der Waals surface area (Å²) in [6.07, 6.45) is 9.40. The van der Waals surface area contributed by atoms with Crippen molar-refractivity contribution in [2.75, 3.05) is 23.7 Å². The third-order valence-electron chi connectivity index (χ3n) is 11.7. The van der Waals surface area contributed by atoms with Gasteiger partial charge in [-0.15, -0.1) is 0 Å². The molecule has 4 heterocycles. The van der Waals surface area contributed by atoms with Gasteiger partial charge in [0.1, 0.15) is 10.8 Å². The molecule has 0 unspecified atom stereocenters. The molecular formula is C51H56ClFN8O4S. The predicted octanol–water partition coefficient (Wildman–Crippen LogP) is 11.0. The van der Waals surface area contributed by atoms with Crippen LogP contribution in [-0.4, -0.2) is 75.3 Å². The fraction of sp³-hybridized carbons (Fsp3) is 0.373. The summed E-state index contributed by atoms with van der Waals surface area (Å²) in [5.74, 6) is 1.27. The van der Waals surface area contributed by atoms with Crippen LogP contribution in [0.2, 0.25) is 5.15 Å². The Hall–Kier alpha value is -5.67. The first-order valence-corrected chi connectivity index (χ1v) is 23.6. The highest BCUT2D eigenvalue weighted by Gasteiger charge is 2.27. The molecule has 0 amide bonds. The minimum atomic E-state index is -0.928. The first-order chi connectivity index (χ1) is 31.3. The van der Waals surface area contributed by atoms with Gasteiger partial charge in [0.15, 0.2) is 28.0 Å². The van der Waals surface area contributed by atoms with Crippen LogP contribution in [0, 0.1) is 38.4 Å². The number of ketones is 2. The van der Waals surface area contributed by atoms with Crippen LogP contribution in [0.15, 0.2) is 89.0 Å². The lowest BCUT2D eigenvalue weighted by molar-refractivity contribution is 0.0939. The first-order valence-electron chi connectivity index (χ1n) is 22.4. The Balaban J connectivity index is 0.000000185. The Bertz CT molecular complexity index is 2960. The van der Waals surface area contributed by atoms with Gasteiger partial charge in [-0.2, -0.15) is 10.2 Å². The summed E-state index contributed by atoms with van der Waals surface area (Å²) < 4.78 is 17.6. The standard InChI is InChI=1S/C29H31FN4O2S.C22H25ClN4O2/c1-17-5-9-21(13-23(17)30)37-27-14-24(32-16-29(3,4)36)28-31-15-25(34(28)33-27)20-8-10-22(18(2)11-20)26(35)12-19-6-7-19;1-13-8-15(6-7-16(13)19(28)9-14-4-5-14)18-11-24-21-17(25-12-22(2,3)29)10-20(23)26-27(18)21/h5,8-11,13-15,19,32,36H,6-7,12,16H2,1-4H3;6-8,10-11,14,25,29H,4-5,9,12H2,1-3H3. The Kier molecular flexibility index (Phi) is 13.4. The van der Waals surface area contributed by atoms with E-state index in [1.165, 1.54) is 30.7 Å². The molecule has 12 nitrogen and oxygen atoms in total. The van der Waals surface area contributed by atoms with Gasteiger partial charge in [-0.05, 0) is 133 Å². The SMILES string of the molecule is Cc1cc(-c2cnc3c(NCC(C)(C)O)cc(Cl)nn23)ccc1C(=O)CC1CC1.Cc1ccc(Sc2cc(NCC(C)(C)O)c3ncc(-c4ccc(C(=O)CC5CC5)c(C)c4)n3n2)cc1F. The van der Waals surface area contributed by atoms with Crippen molar-refractivity contribution in [3.63, 3.8) is 0 Å². The fourth-order valence-electron chi connectivity index (χ4n) is 7.63. The topological polar surface area (TPSA) is 159 Å². The van der Waals surface area contributed by atoms with Gasteiger partial charge in [0, 0.05) is 59.1 Å². The molecule has 2 aliphatic carbocycles. The zero-order chi connectivity index (χ0) is 47.1. The van der Waals surface area contributed by atoms with Crippen molar-refractivity contribution in [1.82, 2.24) is 29.2 Å². The van der Waals surface area contributed by atoms with Gasteiger partial charge in [0.25, 0.3) is 0 Å². The number of Topliss-reactive ketones (excluding diaryl/α,β-unsaturated/α-hetero) is 2. The van der Waals surface area contributed by atoms with E-state index in [0.717, 1.165) is 62.5 Å². The van der Waals surface area contributed by atoms with Crippen LogP contribution in [0.4, 0.5) is 15.8 Å². The van der Waals surface area contributed by atoms with Crippen molar-refractivity contribution in [3.8, 4) is 22.5 Å². The Morgan fingerprint density at radius 3 is 1.64 bits per heavy atom. The van der Waals surface area contributed by atoms with Crippen molar-refractivity contribution in [1.29, 1.82) is 0 Å². The molecule has 9 rings (SSSR count). The molecule has 2 saturated carbocycles. The molecule has 4 aromatic heterocycles. The number of aromatic nitrogens is 6. The molecule has 0 aliphatic heterocycles. The minimum absolute atomic E-state index is 0.199. The second-order valence-electron chi connectivity index (χ2n) is 19.1.